The molecule has 10 heteroatoms. The van der Waals surface area contributed by atoms with Gasteiger partial charge in [-0.15, -0.1) is 0 Å². The summed E-state index contributed by atoms with van der Waals surface area (Å²) in [4.78, 5) is 17.8. The molecule has 1 amide bonds. The van der Waals surface area contributed by atoms with Crippen LogP contribution in [0, 0.1) is 5.92 Å². The Morgan fingerprint density at radius 1 is 1.19 bits per heavy atom. The summed E-state index contributed by atoms with van der Waals surface area (Å²) in [6.45, 7) is 5.61. The highest BCUT2D eigenvalue weighted by atomic mass is 35.5. The van der Waals surface area contributed by atoms with E-state index in [1.165, 1.54) is 39.9 Å². The lowest BCUT2D eigenvalue weighted by Gasteiger charge is -2.30. The van der Waals surface area contributed by atoms with Crippen LogP contribution in [0.2, 0.25) is 10.0 Å². The lowest BCUT2D eigenvalue weighted by molar-refractivity contribution is 0.0997. The fraction of sp³-hybridized carbons (Fsp3) is 0.364. The third-order valence-corrected chi connectivity index (χ3v) is 9.32. The third-order valence-electron chi connectivity index (χ3n) is 5.61. The Hall–Kier alpha value is -1.71. The summed E-state index contributed by atoms with van der Waals surface area (Å²) >= 11 is 13.9. The van der Waals surface area contributed by atoms with Gasteiger partial charge in [0.05, 0.1) is 25.2 Å². The number of thiazole rings is 1. The molecule has 170 valence electrons. The number of rotatable bonds is 4. The SMILES string of the molecule is CCn1c(=NC(=O)c2ccc(S(=O)(=O)N3CCCC(C)C3)cc2)sc2ccc(Cl)c(Cl)c21. The van der Waals surface area contributed by atoms with E-state index in [1.54, 1.807) is 6.07 Å². The van der Waals surface area contributed by atoms with Crippen LogP contribution in [0.1, 0.15) is 37.0 Å². The van der Waals surface area contributed by atoms with Crippen molar-refractivity contribution in [1.29, 1.82) is 0 Å². The molecule has 1 aliphatic rings. The number of carbonyl (C=O) groups is 1. The van der Waals surface area contributed by atoms with E-state index in [0.717, 1.165) is 23.1 Å². The Balaban J connectivity index is 1.65. The number of nitrogens with zero attached hydrogens (tertiary/aromatic N) is 3. The second kappa shape index (κ2) is 9.27. The zero-order valence-corrected chi connectivity index (χ0v) is 20.9. The molecule has 1 aromatic heterocycles. The first kappa shape index (κ1) is 23.4. The van der Waals surface area contributed by atoms with Gasteiger partial charge >= 0.3 is 0 Å². The van der Waals surface area contributed by atoms with Crippen molar-refractivity contribution in [1.82, 2.24) is 8.87 Å². The summed E-state index contributed by atoms with van der Waals surface area (Å²) in [5.41, 5.74) is 1.07. The smallest absolute Gasteiger partial charge is 0.279 e. The molecule has 0 radical (unpaired) electrons. The summed E-state index contributed by atoms with van der Waals surface area (Å²) in [6.07, 6.45) is 1.89. The zero-order chi connectivity index (χ0) is 23.0. The molecular formula is C22H23Cl2N3O3S2. The quantitative estimate of drug-likeness (QED) is 0.483. The number of fused-ring (bicyclic) bond motifs is 1. The van der Waals surface area contributed by atoms with E-state index in [9.17, 15) is 13.2 Å². The van der Waals surface area contributed by atoms with Crippen LogP contribution in [0.25, 0.3) is 10.2 Å². The second-order valence-electron chi connectivity index (χ2n) is 7.89. The normalized spacial score (nSPS) is 18.4. The number of piperidine rings is 1. The molecule has 1 unspecified atom stereocenters. The van der Waals surface area contributed by atoms with Gasteiger partial charge in [-0.05, 0) is 62.1 Å². The van der Waals surface area contributed by atoms with Crippen molar-refractivity contribution in [3.63, 3.8) is 0 Å². The van der Waals surface area contributed by atoms with E-state index in [0.29, 0.717) is 46.0 Å². The molecule has 0 spiro atoms. The topological polar surface area (TPSA) is 71.7 Å². The third kappa shape index (κ3) is 4.39. The van der Waals surface area contributed by atoms with Gasteiger partial charge in [0.25, 0.3) is 5.91 Å². The van der Waals surface area contributed by atoms with Crippen LogP contribution >= 0.6 is 34.5 Å². The predicted octanol–water partition coefficient (Wildman–Crippen LogP) is 5.19. The molecule has 1 fully saturated rings. The lowest BCUT2D eigenvalue weighted by atomic mass is 10.0. The largest absolute Gasteiger partial charge is 0.315 e. The number of benzene rings is 2. The van der Waals surface area contributed by atoms with E-state index in [2.05, 4.69) is 11.9 Å². The number of carbonyl (C=O) groups excluding carboxylic acids is 1. The van der Waals surface area contributed by atoms with Crippen LogP contribution in [-0.4, -0.2) is 36.3 Å². The van der Waals surface area contributed by atoms with Crippen LogP contribution in [0.15, 0.2) is 46.3 Å². The first-order valence-corrected chi connectivity index (χ1v) is 13.4. The van der Waals surface area contributed by atoms with E-state index in [1.807, 2.05) is 17.6 Å². The highest BCUT2D eigenvalue weighted by Gasteiger charge is 2.28. The Morgan fingerprint density at radius 3 is 2.56 bits per heavy atom. The monoisotopic (exact) mass is 511 g/mol. The maximum Gasteiger partial charge on any atom is 0.279 e. The zero-order valence-electron chi connectivity index (χ0n) is 17.7. The van der Waals surface area contributed by atoms with Gasteiger partial charge < -0.3 is 4.57 Å². The van der Waals surface area contributed by atoms with Crippen molar-refractivity contribution >= 4 is 60.7 Å². The molecular weight excluding hydrogens is 489 g/mol. The first-order chi connectivity index (χ1) is 15.2. The minimum Gasteiger partial charge on any atom is -0.315 e. The van der Waals surface area contributed by atoms with Gasteiger partial charge in [0.2, 0.25) is 10.0 Å². The van der Waals surface area contributed by atoms with Crippen LogP contribution in [0.3, 0.4) is 0 Å². The van der Waals surface area contributed by atoms with E-state index >= 15 is 0 Å². The number of halogens is 2. The average Bonchev–Trinajstić information content (AvgIpc) is 3.14. The molecule has 1 atom stereocenters. The summed E-state index contributed by atoms with van der Waals surface area (Å²) in [5, 5.41) is 0.870. The summed E-state index contributed by atoms with van der Waals surface area (Å²) in [7, 11) is -3.57. The molecule has 6 nitrogen and oxygen atoms in total. The molecule has 32 heavy (non-hydrogen) atoms. The number of aromatic nitrogens is 1. The van der Waals surface area contributed by atoms with Gasteiger partial charge in [0, 0.05) is 25.2 Å². The van der Waals surface area contributed by atoms with Gasteiger partial charge in [0.1, 0.15) is 0 Å². The molecule has 0 bridgehead atoms. The maximum atomic E-state index is 12.9. The molecule has 2 aromatic carbocycles. The van der Waals surface area contributed by atoms with Crippen molar-refractivity contribution in [3.05, 3.63) is 56.8 Å². The van der Waals surface area contributed by atoms with Gasteiger partial charge in [-0.3, -0.25) is 4.79 Å². The Morgan fingerprint density at radius 2 is 1.91 bits per heavy atom. The maximum absolute atomic E-state index is 12.9. The standard InChI is InChI=1S/C22H23Cl2N3O3S2/c1-3-27-20-18(11-10-17(23)19(20)24)31-22(27)25-21(28)15-6-8-16(9-7-15)32(29,30)26-12-4-5-14(2)13-26/h6-11,14H,3-5,12-13H2,1-2H3. The van der Waals surface area contributed by atoms with Crippen molar-refractivity contribution in [2.45, 2.75) is 38.1 Å². The van der Waals surface area contributed by atoms with Crippen molar-refractivity contribution in [2.24, 2.45) is 10.9 Å². The summed E-state index contributed by atoms with van der Waals surface area (Å²) in [6, 6.07) is 9.56. The molecule has 1 saturated heterocycles. The summed E-state index contributed by atoms with van der Waals surface area (Å²) < 4.78 is 30.1. The molecule has 0 N–H and O–H groups in total. The highest BCUT2D eigenvalue weighted by Crippen LogP contribution is 2.32. The molecule has 0 saturated carbocycles. The Kier molecular flexibility index (Phi) is 6.79. The first-order valence-electron chi connectivity index (χ1n) is 10.4. The van der Waals surface area contributed by atoms with E-state index in [-0.39, 0.29) is 4.90 Å². The lowest BCUT2D eigenvalue weighted by Crippen LogP contribution is -2.39. The molecule has 3 aromatic rings. The van der Waals surface area contributed by atoms with Crippen LogP contribution < -0.4 is 4.80 Å². The van der Waals surface area contributed by atoms with Crippen molar-refractivity contribution < 1.29 is 13.2 Å². The number of sulfonamides is 1. The Bertz CT molecular complexity index is 1350. The predicted molar refractivity (Wildman–Crippen MR) is 129 cm³/mol. The van der Waals surface area contributed by atoms with Gasteiger partial charge in [-0.1, -0.05) is 41.5 Å². The fourth-order valence-electron chi connectivity index (χ4n) is 3.92. The number of hydrogen-bond acceptors (Lipinski definition) is 4. The number of hydrogen-bond donors (Lipinski definition) is 0. The highest BCUT2D eigenvalue weighted by molar-refractivity contribution is 7.89. The van der Waals surface area contributed by atoms with Crippen LogP contribution in [0.5, 0.6) is 0 Å². The second-order valence-corrected chi connectivity index (χ2v) is 11.6. The van der Waals surface area contributed by atoms with E-state index in [4.69, 9.17) is 23.2 Å². The van der Waals surface area contributed by atoms with Gasteiger partial charge in [-0.2, -0.15) is 9.30 Å². The Labute approximate surface area is 201 Å². The van der Waals surface area contributed by atoms with E-state index < -0.39 is 15.9 Å². The minimum atomic E-state index is -3.57. The molecule has 0 aliphatic carbocycles. The average molecular weight is 512 g/mol. The number of amides is 1. The summed E-state index contributed by atoms with van der Waals surface area (Å²) in [5.74, 6) is -0.107. The van der Waals surface area contributed by atoms with Crippen molar-refractivity contribution in [2.75, 3.05) is 13.1 Å². The minimum absolute atomic E-state index is 0.190. The molecule has 1 aliphatic heterocycles. The van der Waals surface area contributed by atoms with Gasteiger partial charge in [0.15, 0.2) is 4.80 Å². The van der Waals surface area contributed by atoms with Crippen LogP contribution in [-0.2, 0) is 16.6 Å². The fourth-order valence-corrected chi connectivity index (χ4v) is 7.09. The van der Waals surface area contributed by atoms with Crippen molar-refractivity contribution in [3.8, 4) is 0 Å². The van der Waals surface area contributed by atoms with Crippen LogP contribution in [0.4, 0.5) is 0 Å². The van der Waals surface area contributed by atoms with Gasteiger partial charge in [-0.25, -0.2) is 8.42 Å². The number of aryl methyl sites for hydroxylation is 1. The molecule has 4 rings (SSSR count). The molecule has 2 heterocycles.